The number of aliphatic hydroxyl groups is 2. The summed E-state index contributed by atoms with van der Waals surface area (Å²) in [4.78, 5) is 11.2. The zero-order chi connectivity index (χ0) is 23.4. The second kappa shape index (κ2) is 10.2. The molecule has 1 fully saturated rings. The maximum atomic E-state index is 9.69. The predicted octanol–water partition coefficient (Wildman–Crippen LogP) is 1.68. The molecule has 3 aromatic rings. The molecule has 3 heterocycles. The third-order valence-electron chi connectivity index (χ3n) is 5.42. The summed E-state index contributed by atoms with van der Waals surface area (Å²) in [6.07, 6.45) is 0.797. The second-order valence-electron chi connectivity index (χ2n) is 8.03. The SMILES string of the molecule is COc1cccc(-c2ccn(-c3cc(N4C(C)COCC4C)nc(OCC(O)CO)n3)n2)c1. The van der Waals surface area contributed by atoms with Gasteiger partial charge < -0.3 is 29.3 Å². The summed E-state index contributed by atoms with van der Waals surface area (Å²) in [6, 6.07) is 11.7. The van der Waals surface area contributed by atoms with Crippen molar-refractivity contribution >= 4 is 5.82 Å². The quantitative estimate of drug-likeness (QED) is 0.523. The number of ether oxygens (including phenoxy) is 3. The van der Waals surface area contributed by atoms with Crippen molar-refractivity contribution in [3.8, 4) is 28.8 Å². The lowest BCUT2D eigenvalue weighted by atomic mass is 10.1. The van der Waals surface area contributed by atoms with Gasteiger partial charge in [-0.25, -0.2) is 4.68 Å². The van der Waals surface area contributed by atoms with Crippen molar-refractivity contribution in [2.45, 2.75) is 32.0 Å². The maximum absolute atomic E-state index is 9.69. The zero-order valence-electron chi connectivity index (χ0n) is 19.0. The number of benzene rings is 1. The van der Waals surface area contributed by atoms with E-state index in [4.69, 9.17) is 19.3 Å². The predicted molar refractivity (Wildman–Crippen MR) is 122 cm³/mol. The number of hydrogen-bond donors (Lipinski definition) is 2. The molecule has 2 aromatic heterocycles. The molecule has 0 amide bonds. The Bertz CT molecular complexity index is 1060. The smallest absolute Gasteiger partial charge is 0.320 e. The topological polar surface area (TPSA) is 115 Å². The lowest BCUT2D eigenvalue weighted by molar-refractivity contribution is 0.0502. The largest absolute Gasteiger partial charge is 0.497 e. The van der Waals surface area contributed by atoms with E-state index in [0.29, 0.717) is 24.8 Å². The van der Waals surface area contributed by atoms with Gasteiger partial charge in [0.05, 0.1) is 44.7 Å². The van der Waals surface area contributed by atoms with Gasteiger partial charge in [0.15, 0.2) is 5.82 Å². The van der Waals surface area contributed by atoms with Crippen LogP contribution in [0.3, 0.4) is 0 Å². The minimum Gasteiger partial charge on any atom is -0.497 e. The molecule has 3 unspecified atom stereocenters. The van der Waals surface area contributed by atoms with E-state index in [2.05, 4.69) is 33.8 Å². The molecule has 10 nitrogen and oxygen atoms in total. The molecular weight excluding hydrogens is 426 g/mol. The Balaban J connectivity index is 1.70. The fraction of sp³-hybridized carbons (Fsp3) is 0.435. The van der Waals surface area contributed by atoms with Crippen LogP contribution < -0.4 is 14.4 Å². The Morgan fingerprint density at radius 3 is 2.61 bits per heavy atom. The van der Waals surface area contributed by atoms with Crippen molar-refractivity contribution in [1.82, 2.24) is 19.7 Å². The van der Waals surface area contributed by atoms with Crippen molar-refractivity contribution in [2.75, 3.05) is 38.4 Å². The molecule has 1 aliphatic heterocycles. The molecule has 2 N–H and O–H groups in total. The van der Waals surface area contributed by atoms with E-state index in [-0.39, 0.29) is 24.7 Å². The molecule has 176 valence electrons. The first-order valence-electron chi connectivity index (χ1n) is 10.9. The average molecular weight is 456 g/mol. The molecular formula is C23H29N5O5. The molecule has 33 heavy (non-hydrogen) atoms. The first-order chi connectivity index (χ1) is 16.0. The first kappa shape index (κ1) is 23.0. The summed E-state index contributed by atoms with van der Waals surface area (Å²) in [5.74, 6) is 1.95. The fourth-order valence-corrected chi connectivity index (χ4v) is 3.78. The molecule has 0 spiro atoms. The fourth-order valence-electron chi connectivity index (χ4n) is 3.78. The summed E-state index contributed by atoms with van der Waals surface area (Å²) in [5.41, 5.74) is 1.68. The Hall–Kier alpha value is -3.21. The van der Waals surface area contributed by atoms with E-state index in [1.807, 2.05) is 42.6 Å². The number of morpholine rings is 1. The molecule has 0 radical (unpaired) electrons. The third kappa shape index (κ3) is 5.24. The van der Waals surface area contributed by atoms with Crippen molar-refractivity contribution in [2.24, 2.45) is 0 Å². The van der Waals surface area contributed by atoms with Gasteiger partial charge in [-0.05, 0) is 32.0 Å². The number of anilines is 1. The highest BCUT2D eigenvalue weighted by molar-refractivity contribution is 5.61. The van der Waals surface area contributed by atoms with Crippen LogP contribution in [-0.4, -0.2) is 81.7 Å². The first-order valence-corrected chi connectivity index (χ1v) is 10.9. The van der Waals surface area contributed by atoms with Gasteiger partial charge in [-0.15, -0.1) is 0 Å². The highest BCUT2D eigenvalue weighted by atomic mass is 16.5. The highest BCUT2D eigenvalue weighted by Crippen LogP contribution is 2.27. The van der Waals surface area contributed by atoms with Gasteiger partial charge in [0.2, 0.25) is 0 Å². The van der Waals surface area contributed by atoms with Gasteiger partial charge in [-0.1, -0.05) is 12.1 Å². The summed E-state index contributed by atoms with van der Waals surface area (Å²) < 4.78 is 18.2. The summed E-state index contributed by atoms with van der Waals surface area (Å²) in [7, 11) is 1.63. The molecule has 1 aliphatic rings. The number of methoxy groups -OCH3 is 1. The number of nitrogens with zero attached hydrogens (tertiary/aromatic N) is 5. The van der Waals surface area contributed by atoms with E-state index < -0.39 is 12.7 Å². The Morgan fingerprint density at radius 1 is 1.12 bits per heavy atom. The summed E-state index contributed by atoms with van der Waals surface area (Å²) in [6.45, 7) is 4.79. The standard InChI is InChI=1S/C23H29N5O5/c1-15-12-32-13-16(2)28(15)22-10-21(24-23(25-22)33-14-18(30)11-29)27-8-7-20(26-27)17-5-4-6-19(9-17)31-3/h4-10,15-16,18,29-30H,11-14H2,1-3H3. The van der Waals surface area contributed by atoms with Gasteiger partial charge in [-0.2, -0.15) is 15.1 Å². The van der Waals surface area contributed by atoms with Crippen LogP contribution in [0.5, 0.6) is 11.8 Å². The minimum atomic E-state index is -1.02. The van der Waals surface area contributed by atoms with E-state index >= 15 is 0 Å². The van der Waals surface area contributed by atoms with Crippen LogP contribution in [-0.2, 0) is 4.74 Å². The summed E-state index contributed by atoms with van der Waals surface area (Å²) in [5, 5.41) is 23.5. The van der Waals surface area contributed by atoms with E-state index in [1.54, 1.807) is 11.8 Å². The van der Waals surface area contributed by atoms with E-state index in [1.165, 1.54) is 0 Å². The van der Waals surface area contributed by atoms with E-state index in [9.17, 15) is 5.11 Å². The van der Waals surface area contributed by atoms with Gasteiger partial charge in [0.25, 0.3) is 0 Å². The van der Waals surface area contributed by atoms with Crippen molar-refractivity contribution in [3.63, 3.8) is 0 Å². The second-order valence-corrected chi connectivity index (χ2v) is 8.03. The van der Waals surface area contributed by atoms with Crippen LogP contribution in [0.2, 0.25) is 0 Å². The van der Waals surface area contributed by atoms with Gasteiger partial charge in [-0.3, -0.25) is 0 Å². The molecule has 1 saturated heterocycles. The van der Waals surface area contributed by atoms with Crippen molar-refractivity contribution in [1.29, 1.82) is 0 Å². The molecule has 1 aromatic carbocycles. The number of aromatic nitrogens is 4. The van der Waals surface area contributed by atoms with Gasteiger partial charge in [0.1, 0.15) is 24.3 Å². The van der Waals surface area contributed by atoms with Crippen LogP contribution in [0.1, 0.15) is 13.8 Å². The number of aliphatic hydroxyl groups excluding tert-OH is 2. The third-order valence-corrected chi connectivity index (χ3v) is 5.42. The van der Waals surface area contributed by atoms with Crippen molar-refractivity contribution in [3.05, 3.63) is 42.6 Å². The molecule has 0 saturated carbocycles. The minimum absolute atomic E-state index is 0.0966. The van der Waals surface area contributed by atoms with Crippen LogP contribution in [0.4, 0.5) is 5.82 Å². The van der Waals surface area contributed by atoms with Gasteiger partial charge in [0, 0.05) is 17.8 Å². The monoisotopic (exact) mass is 455 g/mol. The molecule has 0 bridgehead atoms. The highest BCUT2D eigenvalue weighted by Gasteiger charge is 2.28. The normalized spacial score (nSPS) is 19.4. The Morgan fingerprint density at radius 2 is 1.88 bits per heavy atom. The maximum Gasteiger partial charge on any atom is 0.320 e. The van der Waals surface area contributed by atoms with Crippen LogP contribution in [0, 0.1) is 0 Å². The Labute approximate surface area is 192 Å². The lowest BCUT2D eigenvalue weighted by Gasteiger charge is -2.39. The lowest BCUT2D eigenvalue weighted by Crippen LogP contribution is -2.50. The Kier molecular flexibility index (Phi) is 7.07. The number of hydrogen-bond acceptors (Lipinski definition) is 9. The van der Waals surface area contributed by atoms with Gasteiger partial charge >= 0.3 is 6.01 Å². The van der Waals surface area contributed by atoms with E-state index in [0.717, 1.165) is 17.0 Å². The average Bonchev–Trinajstić information content (AvgIpc) is 3.33. The molecule has 10 heteroatoms. The summed E-state index contributed by atoms with van der Waals surface area (Å²) >= 11 is 0. The van der Waals surface area contributed by atoms with Crippen LogP contribution >= 0.6 is 0 Å². The van der Waals surface area contributed by atoms with Crippen molar-refractivity contribution < 1.29 is 24.4 Å². The van der Waals surface area contributed by atoms with Crippen LogP contribution in [0.25, 0.3) is 17.1 Å². The molecule has 4 rings (SSSR count). The molecule has 0 aliphatic carbocycles. The zero-order valence-corrected chi connectivity index (χ0v) is 19.0. The van der Waals surface area contributed by atoms with Crippen LogP contribution in [0.15, 0.2) is 42.6 Å². The number of rotatable bonds is 8. The molecule has 3 atom stereocenters.